The molecule has 2 aromatic carbocycles. The SMILES string of the molecule is CCc1ccc(CCC(=O)N2CCC(NC(=O)c3ccccc3)CC2)cc1. The van der Waals surface area contributed by atoms with Crippen LogP contribution in [0.5, 0.6) is 0 Å². The first-order valence-corrected chi connectivity index (χ1v) is 9.87. The number of carbonyl (C=O) groups is 2. The van der Waals surface area contributed by atoms with Crippen LogP contribution in [0.3, 0.4) is 0 Å². The molecule has 2 amide bonds. The monoisotopic (exact) mass is 364 g/mol. The van der Waals surface area contributed by atoms with Crippen LogP contribution in [-0.4, -0.2) is 35.8 Å². The minimum Gasteiger partial charge on any atom is -0.349 e. The topological polar surface area (TPSA) is 49.4 Å². The fourth-order valence-electron chi connectivity index (χ4n) is 3.48. The first-order valence-electron chi connectivity index (χ1n) is 9.87. The molecule has 1 fully saturated rings. The summed E-state index contributed by atoms with van der Waals surface area (Å²) in [6, 6.07) is 17.9. The number of nitrogens with one attached hydrogen (secondary N) is 1. The normalized spacial score (nSPS) is 14.8. The summed E-state index contributed by atoms with van der Waals surface area (Å²) in [4.78, 5) is 26.7. The maximum Gasteiger partial charge on any atom is 0.251 e. The lowest BCUT2D eigenvalue weighted by Crippen LogP contribution is -2.46. The molecule has 27 heavy (non-hydrogen) atoms. The number of amides is 2. The quantitative estimate of drug-likeness (QED) is 0.851. The molecule has 142 valence electrons. The molecule has 0 unspecified atom stereocenters. The number of benzene rings is 2. The van der Waals surface area contributed by atoms with Gasteiger partial charge in [-0.15, -0.1) is 0 Å². The molecule has 3 rings (SSSR count). The summed E-state index contributed by atoms with van der Waals surface area (Å²) >= 11 is 0. The zero-order valence-electron chi connectivity index (χ0n) is 16.0. The smallest absolute Gasteiger partial charge is 0.251 e. The molecule has 0 saturated carbocycles. The minimum absolute atomic E-state index is 0.0316. The number of piperidine rings is 1. The largest absolute Gasteiger partial charge is 0.349 e. The van der Waals surface area contributed by atoms with Crippen molar-refractivity contribution in [2.24, 2.45) is 0 Å². The second kappa shape index (κ2) is 9.36. The van der Waals surface area contributed by atoms with Crippen molar-refractivity contribution in [3.05, 3.63) is 71.3 Å². The number of nitrogens with zero attached hydrogens (tertiary/aromatic N) is 1. The molecule has 0 atom stereocenters. The third kappa shape index (κ3) is 5.43. The number of likely N-dealkylation sites (tertiary alicyclic amines) is 1. The lowest BCUT2D eigenvalue weighted by atomic mass is 10.0. The molecule has 1 saturated heterocycles. The molecule has 2 aromatic rings. The summed E-state index contributed by atoms with van der Waals surface area (Å²) in [5.41, 5.74) is 3.22. The Kier molecular flexibility index (Phi) is 6.64. The first kappa shape index (κ1) is 19.2. The molecule has 4 heteroatoms. The average Bonchev–Trinajstić information content (AvgIpc) is 2.73. The highest BCUT2D eigenvalue weighted by Crippen LogP contribution is 2.14. The molecule has 0 spiro atoms. The van der Waals surface area contributed by atoms with E-state index >= 15 is 0 Å². The van der Waals surface area contributed by atoms with Crippen LogP contribution in [0.25, 0.3) is 0 Å². The first-order chi connectivity index (χ1) is 13.2. The number of hydrogen-bond acceptors (Lipinski definition) is 2. The molecule has 4 nitrogen and oxygen atoms in total. The van der Waals surface area contributed by atoms with Gasteiger partial charge in [-0.2, -0.15) is 0 Å². The molecule has 0 radical (unpaired) electrons. The molecular formula is C23H28N2O2. The van der Waals surface area contributed by atoms with E-state index in [2.05, 4.69) is 36.5 Å². The van der Waals surface area contributed by atoms with Gasteiger partial charge in [0, 0.05) is 31.1 Å². The lowest BCUT2D eigenvalue weighted by molar-refractivity contribution is -0.132. The van der Waals surface area contributed by atoms with Gasteiger partial charge in [0.25, 0.3) is 5.91 Å². The van der Waals surface area contributed by atoms with E-state index in [1.165, 1.54) is 11.1 Å². The van der Waals surface area contributed by atoms with Gasteiger partial charge in [0.05, 0.1) is 0 Å². The highest BCUT2D eigenvalue weighted by molar-refractivity contribution is 5.94. The average molecular weight is 364 g/mol. The van der Waals surface area contributed by atoms with Crippen LogP contribution < -0.4 is 5.32 Å². The Balaban J connectivity index is 1.41. The van der Waals surface area contributed by atoms with Crippen LogP contribution in [0.1, 0.15) is 47.7 Å². The van der Waals surface area contributed by atoms with E-state index in [0.29, 0.717) is 25.1 Å². The summed E-state index contributed by atoms with van der Waals surface area (Å²) in [6.45, 7) is 3.57. The van der Waals surface area contributed by atoms with E-state index in [4.69, 9.17) is 0 Å². The third-order valence-corrected chi connectivity index (χ3v) is 5.28. The fraction of sp³-hybridized carbons (Fsp3) is 0.391. The predicted molar refractivity (Wildman–Crippen MR) is 108 cm³/mol. The van der Waals surface area contributed by atoms with Gasteiger partial charge in [0.1, 0.15) is 0 Å². The molecule has 0 aromatic heterocycles. The maximum atomic E-state index is 12.5. The molecule has 0 aliphatic carbocycles. The molecule has 1 aliphatic rings. The summed E-state index contributed by atoms with van der Waals surface area (Å²) in [7, 11) is 0. The summed E-state index contributed by atoms with van der Waals surface area (Å²) < 4.78 is 0. The van der Waals surface area contributed by atoms with Crippen LogP contribution >= 0.6 is 0 Å². The predicted octanol–water partition coefficient (Wildman–Crippen LogP) is 3.60. The fourth-order valence-corrected chi connectivity index (χ4v) is 3.48. The van der Waals surface area contributed by atoms with Crippen LogP contribution in [0.4, 0.5) is 0 Å². The van der Waals surface area contributed by atoms with Gasteiger partial charge >= 0.3 is 0 Å². The second-order valence-corrected chi connectivity index (χ2v) is 7.16. The van der Waals surface area contributed by atoms with Crippen LogP contribution in [0.15, 0.2) is 54.6 Å². The van der Waals surface area contributed by atoms with Crippen LogP contribution in [0.2, 0.25) is 0 Å². The highest BCUT2D eigenvalue weighted by atomic mass is 16.2. The Hall–Kier alpha value is -2.62. The van der Waals surface area contributed by atoms with Crippen molar-refractivity contribution in [2.75, 3.05) is 13.1 Å². The molecule has 0 bridgehead atoms. The number of carbonyl (C=O) groups excluding carboxylic acids is 2. The Bertz CT molecular complexity index is 748. The van der Waals surface area contributed by atoms with Gasteiger partial charge in [-0.1, -0.05) is 49.4 Å². The van der Waals surface area contributed by atoms with Crippen molar-refractivity contribution >= 4 is 11.8 Å². The van der Waals surface area contributed by atoms with Crippen molar-refractivity contribution < 1.29 is 9.59 Å². The Morgan fingerprint density at radius 2 is 1.59 bits per heavy atom. The van der Waals surface area contributed by atoms with Crippen molar-refractivity contribution in [3.8, 4) is 0 Å². The third-order valence-electron chi connectivity index (χ3n) is 5.28. The summed E-state index contributed by atoms with van der Waals surface area (Å²) in [5, 5.41) is 3.09. The van der Waals surface area contributed by atoms with Crippen molar-refractivity contribution in [1.29, 1.82) is 0 Å². The van der Waals surface area contributed by atoms with E-state index in [-0.39, 0.29) is 17.9 Å². The summed E-state index contributed by atoms with van der Waals surface area (Å²) in [6.07, 6.45) is 4.00. The summed E-state index contributed by atoms with van der Waals surface area (Å²) in [5.74, 6) is 0.179. The Labute approximate surface area is 161 Å². The zero-order chi connectivity index (χ0) is 19.1. The molecule has 1 aliphatic heterocycles. The van der Waals surface area contributed by atoms with E-state index in [0.717, 1.165) is 25.7 Å². The van der Waals surface area contributed by atoms with Crippen molar-refractivity contribution in [1.82, 2.24) is 10.2 Å². The lowest BCUT2D eigenvalue weighted by Gasteiger charge is -2.32. The molecule has 1 N–H and O–H groups in total. The number of hydrogen-bond donors (Lipinski definition) is 1. The number of aryl methyl sites for hydroxylation is 2. The molecule has 1 heterocycles. The molecular weight excluding hydrogens is 336 g/mol. The van der Waals surface area contributed by atoms with E-state index in [9.17, 15) is 9.59 Å². The second-order valence-electron chi connectivity index (χ2n) is 7.16. The van der Waals surface area contributed by atoms with Gasteiger partial charge in [-0.05, 0) is 48.9 Å². The van der Waals surface area contributed by atoms with Crippen LogP contribution in [-0.2, 0) is 17.6 Å². The van der Waals surface area contributed by atoms with E-state index in [1.54, 1.807) is 0 Å². The van der Waals surface area contributed by atoms with Crippen molar-refractivity contribution in [2.45, 2.75) is 45.1 Å². The Morgan fingerprint density at radius 1 is 0.963 bits per heavy atom. The van der Waals surface area contributed by atoms with E-state index < -0.39 is 0 Å². The van der Waals surface area contributed by atoms with Gasteiger partial charge in [0.2, 0.25) is 5.91 Å². The number of rotatable bonds is 6. The van der Waals surface area contributed by atoms with Gasteiger partial charge < -0.3 is 10.2 Å². The standard InChI is InChI=1S/C23H28N2O2/c1-2-18-8-10-19(11-9-18)12-13-22(26)25-16-14-21(15-17-25)24-23(27)20-6-4-3-5-7-20/h3-11,21H,2,12-17H2,1H3,(H,24,27). The van der Waals surface area contributed by atoms with Gasteiger partial charge in [0.15, 0.2) is 0 Å². The maximum absolute atomic E-state index is 12.5. The Morgan fingerprint density at radius 3 is 2.22 bits per heavy atom. The highest BCUT2D eigenvalue weighted by Gasteiger charge is 2.23. The van der Waals surface area contributed by atoms with Crippen molar-refractivity contribution in [3.63, 3.8) is 0 Å². The zero-order valence-corrected chi connectivity index (χ0v) is 16.0. The van der Waals surface area contributed by atoms with Gasteiger partial charge in [-0.25, -0.2) is 0 Å². The van der Waals surface area contributed by atoms with Gasteiger partial charge in [-0.3, -0.25) is 9.59 Å². The minimum atomic E-state index is -0.0316. The van der Waals surface area contributed by atoms with Crippen LogP contribution in [0, 0.1) is 0 Å². The van der Waals surface area contributed by atoms with E-state index in [1.807, 2.05) is 35.2 Å².